The molecule has 0 aliphatic carbocycles. The molecule has 4 heteroatoms. The largest absolute Gasteiger partial charge is 0.341 e. The van der Waals surface area contributed by atoms with Crippen LogP contribution in [0.4, 0.5) is 0 Å². The molecule has 1 rings (SSSR count). The molecule has 0 radical (unpaired) electrons. The van der Waals surface area contributed by atoms with Gasteiger partial charge in [0.1, 0.15) is 0 Å². The minimum atomic E-state index is 0.242. The maximum absolute atomic E-state index is 11.8. The van der Waals surface area contributed by atoms with Crippen LogP contribution in [-0.4, -0.2) is 24.4 Å². The molecule has 0 spiro atoms. The Balaban J connectivity index is 2.14. The van der Waals surface area contributed by atoms with Crippen LogP contribution in [0.5, 0.6) is 0 Å². The van der Waals surface area contributed by atoms with Gasteiger partial charge in [-0.25, -0.2) is 0 Å². The molecule has 0 aliphatic rings. The van der Waals surface area contributed by atoms with E-state index < -0.39 is 0 Å². The molecule has 1 aromatic rings. The summed E-state index contributed by atoms with van der Waals surface area (Å²) in [4.78, 5) is 14.9. The van der Waals surface area contributed by atoms with Crippen molar-refractivity contribution in [2.24, 2.45) is 5.73 Å². The normalized spacial score (nSPS) is 10.5. The summed E-state index contributed by atoms with van der Waals surface area (Å²) >= 11 is 1.70. The molecule has 1 aromatic heterocycles. The smallest absolute Gasteiger partial charge is 0.222 e. The number of thiophene rings is 1. The standard InChI is InChI=1S/C13H22N2OS/c1-15(11-12-7-6-10-17-12)13(16)8-4-2-3-5-9-14/h6-7,10H,2-5,8-9,11,14H2,1H3. The minimum absolute atomic E-state index is 0.242. The van der Waals surface area contributed by atoms with Gasteiger partial charge in [-0.2, -0.15) is 0 Å². The molecule has 0 saturated heterocycles. The van der Waals surface area contributed by atoms with Crippen LogP contribution in [0, 0.1) is 0 Å². The Morgan fingerprint density at radius 1 is 1.35 bits per heavy atom. The molecule has 0 aromatic carbocycles. The molecule has 3 nitrogen and oxygen atoms in total. The molecule has 17 heavy (non-hydrogen) atoms. The molecule has 0 aliphatic heterocycles. The average Bonchev–Trinajstić information content (AvgIpc) is 2.81. The lowest BCUT2D eigenvalue weighted by Gasteiger charge is -2.16. The van der Waals surface area contributed by atoms with Crippen LogP contribution in [0.1, 0.15) is 37.0 Å². The summed E-state index contributed by atoms with van der Waals surface area (Å²) in [5, 5.41) is 2.04. The van der Waals surface area contributed by atoms with E-state index in [1.54, 1.807) is 11.3 Å². The highest BCUT2D eigenvalue weighted by molar-refractivity contribution is 7.09. The van der Waals surface area contributed by atoms with Gasteiger partial charge in [-0.1, -0.05) is 18.9 Å². The topological polar surface area (TPSA) is 46.3 Å². The summed E-state index contributed by atoms with van der Waals surface area (Å²) in [5.41, 5.74) is 5.42. The molecule has 1 heterocycles. The predicted octanol–water partition coefficient (Wildman–Crippen LogP) is 2.62. The number of hydrogen-bond donors (Lipinski definition) is 1. The summed E-state index contributed by atoms with van der Waals surface area (Å²) in [6, 6.07) is 4.08. The number of amides is 1. The van der Waals surface area contributed by atoms with Crippen molar-refractivity contribution >= 4 is 17.2 Å². The fourth-order valence-corrected chi connectivity index (χ4v) is 2.45. The molecule has 0 atom stereocenters. The SMILES string of the molecule is CN(Cc1cccs1)C(=O)CCCCCCN. The van der Waals surface area contributed by atoms with Crippen LogP contribution >= 0.6 is 11.3 Å². The molecular formula is C13H22N2OS. The van der Waals surface area contributed by atoms with E-state index in [4.69, 9.17) is 5.73 Å². The summed E-state index contributed by atoms with van der Waals surface area (Å²) in [7, 11) is 1.88. The van der Waals surface area contributed by atoms with Gasteiger partial charge in [0.05, 0.1) is 6.54 Å². The van der Waals surface area contributed by atoms with E-state index in [2.05, 4.69) is 6.07 Å². The molecule has 96 valence electrons. The van der Waals surface area contributed by atoms with Crippen molar-refractivity contribution in [1.29, 1.82) is 0 Å². The first-order valence-electron chi connectivity index (χ1n) is 6.20. The Morgan fingerprint density at radius 3 is 2.76 bits per heavy atom. The molecule has 0 unspecified atom stereocenters. The highest BCUT2D eigenvalue weighted by Gasteiger charge is 2.08. The lowest BCUT2D eigenvalue weighted by Crippen LogP contribution is -2.25. The monoisotopic (exact) mass is 254 g/mol. The number of rotatable bonds is 8. The Morgan fingerprint density at radius 2 is 2.12 bits per heavy atom. The minimum Gasteiger partial charge on any atom is -0.341 e. The van der Waals surface area contributed by atoms with E-state index in [1.165, 1.54) is 4.88 Å². The predicted molar refractivity (Wildman–Crippen MR) is 72.9 cm³/mol. The van der Waals surface area contributed by atoms with Crippen molar-refractivity contribution < 1.29 is 4.79 Å². The quantitative estimate of drug-likeness (QED) is 0.725. The van der Waals surface area contributed by atoms with Gasteiger partial charge >= 0.3 is 0 Å². The highest BCUT2D eigenvalue weighted by Crippen LogP contribution is 2.12. The van der Waals surface area contributed by atoms with E-state index in [-0.39, 0.29) is 5.91 Å². The fourth-order valence-electron chi connectivity index (χ4n) is 1.69. The number of carbonyl (C=O) groups is 1. The number of nitrogens with two attached hydrogens (primary N) is 1. The van der Waals surface area contributed by atoms with E-state index in [9.17, 15) is 4.79 Å². The molecule has 0 saturated carbocycles. The van der Waals surface area contributed by atoms with E-state index in [0.717, 1.165) is 38.8 Å². The Bertz CT molecular complexity index is 311. The third kappa shape index (κ3) is 5.84. The van der Waals surface area contributed by atoms with Crippen molar-refractivity contribution in [2.75, 3.05) is 13.6 Å². The zero-order valence-electron chi connectivity index (χ0n) is 10.5. The van der Waals surface area contributed by atoms with E-state index in [0.29, 0.717) is 6.42 Å². The third-order valence-corrected chi connectivity index (χ3v) is 3.60. The second-order valence-electron chi connectivity index (χ2n) is 4.28. The zero-order chi connectivity index (χ0) is 12.5. The molecule has 1 amide bonds. The van der Waals surface area contributed by atoms with Crippen LogP contribution in [0.25, 0.3) is 0 Å². The summed E-state index contributed by atoms with van der Waals surface area (Å²) in [6.45, 7) is 1.49. The Hall–Kier alpha value is -0.870. The second-order valence-corrected chi connectivity index (χ2v) is 5.31. The zero-order valence-corrected chi connectivity index (χ0v) is 11.3. The van der Waals surface area contributed by atoms with Crippen molar-refractivity contribution in [3.05, 3.63) is 22.4 Å². The van der Waals surface area contributed by atoms with Gasteiger partial charge in [0.2, 0.25) is 5.91 Å². The van der Waals surface area contributed by atoms with Crippen LogP contribution in [0.2, 0.25) is 0 Å². The van der Waals surface area contributed by atoms with Crippen molar-refractivity contribution in [3.8, 4) is 0 Å². The van der Waals surface area contributed by atoms with Gasteiger partial charge in [0.15, 0.2) is 0 Å². The van der Waals surface area contributed by atoms with Gasteiger partial charge < -0.3 is 10.6 Å². The van der Waals surface area contributed by atoms with Crippen LogP contribution in [0.15, 0.2) is 17.5 Å². The number of unbranched alkanes of at least 4 members (excludes halogenated alkanes) is 3. The lowest BCUT2D eigenvalue weighted by molar-refractivity contribution is -0.130. The molecule has 0 bridgehead atoms. The van der Waals surface area contributed by atoms with Crippen LogP contribution < -0.4 is 5.73 Å². The maximum atomic E-state index is 11.8. The van der Waals surface area contributed by atoms with E-state index >= 15 is 0 Å². The molecule has 0 fully saturated rings. The van der Waals surface area contributed by atoms with Gasteiger partial charge in [-0.15, -0.1) is 11.3 Å². The number of carbonyl (C=O) groups excluding carboxylic acids is 1. The first-order chi connectivity index (χ1) is 8.24. The van der Waals surface area contributed by atoms with Gasteiger partial charge in [-0.3, -0.25) is 4.79 Å². The Labute approximate surface area is 108 Å². The van der Waals surface area contributed by atoms with Crippen LogP contribution in [-0.2, 0) is 11.3 Å². The second kappa shape index (κ2) is 8.25. The van der Waals surface area contributed by atoms with Gasteiger partial charge in [0.25, 0.3) is 0 Å². The summed E-state index contributed by atoms with van der Waals surface area (Å²) in [5.74, 6) is 0.242. The molecule has 2 N–H and O–H groups in total. The summed E-state index contributed by atoms with van der Waals surface area (Å²) in [6.07, 6.45) is 4.95. The van der Waals surface area contributed by atoms with E-state index in [1.807, 2.05) is 23.4 Å². The first-order valence-corrected chi connectivity index (χ1v) is 7.08. The van der Waals surface area contributed by atoms with Gasteiger partial charge in [0, 0.05) is 18.3 Å². The van der Waals surface area contributed by atoms with Crippen molar-refractivity contribution in [2.45, 2.75) is 38.6 Å². The van der Waals surface area contributed by atoms with Gasteiger partial charge in [-0.05, 0) is 30.8 Å². The Kier molecular flexibility index (Phi) is 6.89. The fraction of sp³-hybridized carbons (Fsp3) is 0.615. The number of nitrogens with zero attached hydrogens (tertiary/aromatic N) is 1. The van der Waals surface area contributed by atoms with Crippen molar-refractivity contribution in [1.82, 2.24) is 4.90 Å². The van der Waals surface area contributed by atoms with Crippen molar-refractivity contribution in [3.63, 3.8) is 0 Å². The lowest BCUT2D eigenvalue weighted by atomic mass is 10.1. The maximum Gasteiger partial charge on any atom is 0.222 e. The number of hydrogen-bond acceptors (Lipinski definition) is 3. The highest BCUT2D eigenvalue weighted by atomic mass is 32.1. The summed E-state index contributed by atoms with van der Waals surface area (Å²) < 4.78 is 0. The molecular weight excluding hydrogens is 232 g/mol. The first kappa shape index (κ1) is 14.2. The third-order valence-electron chi connectivity index (χ3n) is 2.74. The van der Waals surface area contributed by atoms with Crippen LogP contribution in [0.3, 0.4) is 0 Å². The average molecular weight is 254 g/mol.